The zero-order valence-electron chi connectivity index (χ0n) is 14.5. The van der Waals surface area contributed by atoms with E-state index in [0.717, 1.165) is 41.6 Å². The lowest BCUT2D eigenvalue weighted by Gasteiger charge is -2.38. The average Bonchev–Trinajstić information content (AvgIpc) is 2.62. The summed E-state index contributed by atoms with van der Waals surface area (Å²) in [4.78, 5) is 30.3. The molecular weight excluding hydrogens is 398 g/mol. The van der Waals surface area contributed by atoms with Crippen LogP contribution in [-0.4, -0.2) is 29.5 Å². The number of ketones is 2. The summed E-state index contributed by atoms with van der Waals surface area (Å²) >= 11 is 3.45. The molecule has 1 N–H and O–H groups in total. The first-order valence-corrected chi connectivity index (χ1v) is 9.73. The summed E-state index contributed by atoms with van der Waals surface area (Å²) in [5.74, 6) is -0.490. The number of hydrogen-bond donors (Lipinski definition) is 1. The molecule has 6 heteroatoms. The molecule has 0 aromatic heterocycles. The van der Waals surface area contributed by atoms with Crippen molar-refractivity contribution in [2.24, 2.45) is 10.9 Å². The van der Waals surface area contributed by atoms with Crippen molar-refractivity contribution in [1.29, 1.82) is 0 Å². The Kier molecular flexibility index (Phi) is 4.47. The Morgan fingerprint density at radius 3 is 2.65 bits per heavy atom. The van der Waals surface area contributed by atoms with Gasteiger partial charge in [0.15, 0.2) is 17.3 Å². The van der Waals surface area contributed by atoms with Gasteiger partial charge in [-0.15, -0.1) is 0 Å². The molecule has 0 saturated heterocycles. The fourth-order valence-electron chi connectivity index (χ4n) is 4.42. The highest BCUT2D eigenvalue weighted by molar-refractivity contribution is 9.10. The topological polar surface area (TPSA) is 76.0 Å². The number of methoxy groups -OCH3 is 1. The monoisotopic (exact) mass is 417 g/mol. The van der Waals surface area contributed by atoms with Gasteiger partial charge < -0.3 is 9.84 Å². The van der Waals surface area contributed by atoms with Gasteiger partial charge in [-0.3, -0.25) is 14.6 Å². The van der Waals surface area contributed by atoms with Crippen molar-refractivity contribution in [3.63, 3.8) is 0 Å². The second-order valence-electron chi connectivity index (χ2n) is 7.06. The number of Topliss-reactive ketones (excluding diaryl/α,β-unsaturated/α-hetero) is 2. The molecule has 1 aliphatic heterocycles. The molecule has 1 aromatic rings. The van der Waals surface area contributed by atoms with Gasteiger partial charge in [-0.25, -0.2) is 0 Å². The molecule has 5 nitrogen and oxygen atoms in total. The molecule has 0 spiro atoms. The van der Waals surface area contributed by atoms with Crippen LogP contribution in [0.4, 0.5) is 0 Å². The lowest BCUT2D eigenvalue weighted by molar-refractivity contribution is -0.122. The first-order chi connectivity index (χ1) is 12.5. The van der Waals surface area contributed by atoms with Crippen LogP contribution in [0.5, 0.6) is 11.5 Å². The summed E-state index contributed by atoms with van der Waals surface area (Å²) in [5.41, 5.74) is 2.82. The second kappa shape index (κ2) is 6.65. The number of phenols is 1. The van der Waals surface area contributed by atoms with Crippen LogP contribution in [0.25, 0.3) is 0 Å². The Hall–Kier alpha value is -1.95. The number of carbonyl (C=O) groups excluding carboxylic acids is 2. The predicted molar refractivity (Wildman–Crippen MR) is 101 cm³/mol. The molecule has 4 rings (SSSR count). The van der Waals surface area contributed by atoms with E-state index < -0.39 is 11.8 Å². The highest BCUT2D eigenvalue weighted by Gasteiger charge is 2.45. The summed E-state index contributed by atoms with van der Waals surface area (Å²) < 4.78 is 6.02. The van der Waals surface area contributed by atoms with Gasteiger partial charge in [0.2, 0.25) is 0 Å². The van der Waals surface area contributed by atoms with Crippen molar-refractivity contribution in [3.8, 4) is 11.5 Å². The van der Waals surface area contributed by atoms with Crippen LogP contribution >= 0.6 is 15.9 Å². The number of halogens is 1. The standard InChI is InChI=1S/C20H20BrNO4/c1-26-16-9-10(21)8-11(20(16)25)17-18-12(4-2-6-14(18)23)22-13-5-3-7-15(24)19(13)17/h8-9,17-18,25H,2-7H2,1H3/t17-,18?/m0/s1. The summed E-state index contributed by atoms with van der Waals surface area (Å²) in [7, 11) is 1.49. The summed E-state index contributed by atoms with van der Waals surface area (Å²) in [6.45, 7) is 0. The van der Waals surface area contributed by atoms with E-state index in [0.29, 0.717) is 29.7 Å². The van der Waals surface area contributed by atoms with E-state index in [9.17, 15) is 14.7 Å². The fraction of sp³-hybridized carbons (Fsp3) is 0.450. The molecular formula is C20H20BrNO4. The molecule has 136 valence electrons. The summed E-state index contributed by atoms with van der Waals surface area (Å²) in [5, 5.41) is 10.8. The normalized spacial score (nSPS) is 25.5. The number of benzene rings is 1. The quantitative estimate of drug-likeness (QED) is 0.786. The predicted octanol–water partition coefficient (Wildman–Crippen LogP) is 4.08. The average molecular weight is 418 g/mol. The molecule has 1 heterocycles. The third kappa shape index (κ3) is 2.71. The third-order valence-electron chi connectivity index (χ3n) is 5.54. The van der Waals surface area contributed by atoms with Crippen molar-refractivity contribution < 1.29 is 19.4 Å². The largest absolute Gasteiger partial charge is 0.504 e. The number of phenolic OH excluding ortho intramolecular Hbond substituents is 1. The Balaban J connectivity index is 1.96. The zero-order valence-corrected chi connectivity index (χ0v) is 16.1. The minimum atomic E-state index is -0.482. The maximum Gasteiger partial charge on any atom is 0.161 e. The van der Waals surface area contributed by atoms with Crippen LogP contribution in [0, 0.1) is 5.92 Å². The SMILES string of the molecule is COc1cc(Br)cc([C@@H]2C3=C(CCCC3=O)N=C3CCCC(=O)C32)c1O. The molecule has 0 radical (unpaired) electrons. The lowest BCUT2D eigenvalue weighted by atomic mass is 9.67. The van der Waals surface area contributed by atoms with Gasteiger partial charge in [0.1, 0.15) is 5.78 Å². The second-order valence-corrected chi connectivity index (χ2v) is 7.98. The Labute approximate surface area is 160 Å². The third-order valence-corrected chi connectivity index (χ3v) is 6.00. The minimum Gasteiger partial charge on any atom is -0.504 e. The van der Waals surface area contributed by atoms with Crippen LogP contribution in [0.2, 0.25) is 0 Å². The molecule has 1 unspecified atom stereocenters. The summed E-state index contributed by atoms with van der Waals surface area (Å²) in [6, 6.07) is 3.47. The molecule has 1 aromatic carbocycles. The van der Waals surface area contributed by atoms with Gasteiger partial charge in [-0.05, 0) is 37.8 Å². The van der Waals surface area contributed by atoms with E-state index in [1.807, 2.05) is 0 Å². The Bertz CT molecular complexity index is 871. The van der Waals surface area contributed by atoms with E-state index in [4.69, 9.17) is 9.73 Å². The number of aromatic hydroxyl groups is 1. The molecule has 0 bridgehead atoms. The van der Waals surface area contributed by atoms with Gasteiger partial charge >= 0.3 is 0 Å². The van der Waals surface area contributed by atoms with Gasteiger partial charge in [-0.2, -0.15) is 0 Å². The molecule has 3 aliphatic rings. The van der Waals surface area contributed by atoms with Crippen molar-refractivity contribution in [3.05, 3.63) is 33.4 Å². The van der Waals surface area contributed by atoms with E-state index >= 15 is 0 Å². The first-order valence-electron chi connectivity index (χ1n) is 8.94. The van der Waals surface area contributed by atoms with E-state index in [-0.39, 0.29) is 17.3 Å². The van der Waals surface area contributed by atoms with Crippen LogP contribution in [-0.2, 0) is 9.59 Å². The number of ether oxygens (including phenoxy) is 1. The van der Waals surface area contributed by atoms with Crippen LogP contribution in [0.1, 0.15) is 50.0 Å². The lowest BCUT2D eigenvalue weighted by Crippen LogP contribution is -2.39. The van der Waals surface area contributed by atoms with Gasteiger partial charge in [-0.1, -0.05) is 15.9 Å². The van der Waals surface area contributed by atoms with Gasteiger partial charge in [0.05, 0.1) is 13.0 Å². The molecule has 2 atom stereocenters. The van der Waals surface area contributed by atoms with Crippen LogP contribution in [0.15, 0.2) is 32.9 Å². The van der Waals surface area contributed by atoms with Crippen molar-refractivity contribution >= 4 is 33.2 Å². The maximum absolute atomic E-state index is 12.8. The van der Waals surface area contributed by atoms with E-state index in [2.05, 4.69) is 15.9 Å². The number of aliphatic imine (C=N–C) groups is 1. The minimum absolute atomic E-state index is 0.00875. The highest BCUT2D eigenvalue weighted by atomic mass is 79.9. The van der Waals surface area contributed by atoms with Gasteiger partial charge in [0.25, 0.3) is 0 Å². The van der Waals surface area contributed by atoms with Crippen LogP contribution < -0.4 is 4.74 Å². The number of fused-ring (bicyclic) bond motifs is 1. The number of allylic oxidation sites excluding steroid dienone is 2. The molecule has 2 aliphatic carbocycles. The summed E-state index contributed by atoms with van der Waals surface area (Å²) in [6.07, 6.45) is 4.05. The zero-order chi connectivity index (χ0) is 18.4. The number of carbonyl (C=O) groups is 2. The molecule has 1 saturated carbocycles. The number of nitrogens with zero attached hydrogens (tertiary/aromatic N) is 1. The van der Waals surface area contributed by atoms with E-state index in [1.54, 1.807) is 12.1 Å². The Morgan fingerprint density at radius 1 is 1.12 bits per heavy atom. The van der Waals surface area contributed by atoms with Crippen molar-refractivity contribution in [1.82, 2.24) is 0 Å². The number of rotatable bonds is 2. The van der Waals surface area contributed by atoms with Crippen molar-refractivity contribution in [2.75, 3.05) is 7.11 Å². The van der Waals surface area contributed by atoms with Crippen molar-refractivity contribution in [2.45, 2.75) is 44.4 Å². The smallest absolute Gasteiger partial charge is 0.161 e. The molecule has 1 fully saturated rings. The maximum atomic E-state index is 12.8. The highest BCUT2D eigenvalue weighted by Crippen LogP contribution is 2.50. The number of hydrogen-bond acceptors (Lipinski definition) is 5. The molecule has 26 heavy (non-hydrogen) atoms. The van der Waals surface area contributed by atoms with Crippen LogP contribution in [0.3, 0.4) is 0 Å². The van der Waals surface area contributed by atoms with E-state index in [1.165, 1.54) is 7.11 Å². The molecule has 0 amide bonds. The first kappa shape index (κ1) is 17.5. The van der Waals surface area contributed by atoms with Gasteiger partial charge in [0, 0.05) is 45.8 Å². The Morgan fingerprint density at radius 2 is 1.88 bits per heavy atom. The fourth-order valence-corrected chi connectivity index (χ4v) is 4.88.